The number of carboxylic acids is 1. The summed E-state index contributed by atoms with van der Waals surface area (Å²) in [7, 11) is 4.13. The number of rotatable bonds is 21. The van der Waals surface area contributed by atoms with Crippen LogP contribution in [0, 0.1) is 28.6 Å². The van der Waals surface area contributed by atoms with E-state index in [1.165, 1.54) is 72.0 Å². The first kappa shape index (κ1) is 66.3. The van der Waals surface area contributed by atoms with Gasteiger partial charge in [0.15, 0.2) is 6.61 Å². The van der Waals surface area contributed by atoms with Crippen molar-refractivity contribution in [1.82, 2.24) is 21.5 Å². The van der Waals surface area contributed by atoms with Crippen LogP contribution in [-0.4, -0.2) is 148 Å². The molecule has 86 heavy (non-hydrogen) atoms. The lowest BCUT2D eigenvalue weighted by Crippen LogP contribution is -2.78. The molecule has 0 spiro atoms. The highest BCUT2D eigenvalue weighted by Crippen LogP contribution is 2.68. The predicted octanol–water partition coefficient (Wildman–Crippen LogP) is 6.60. The Morgan fingerprint density at radius 1 is 0.849 bits per heavy atom. The monoisotopic (exact) mass is 1230 g/mol. The number of ether oxygens (including phenoxy) is 7. The van der Waals surface area contributed by atoms with E-state index in [0.29, 0.717) is 23.3 Å². The van der Waals surface area contributed by atoms with E-state index in [0.717, 1.165) is 0 Å². The fourth-order valence-electron chi connectivity index (χ4n) is 12.6. The molecule has 3 amide bonds. The van der Waals surface area contributed by atoms with Gasteiger partial charge >= 0.3 is 42.0 Å². The van der Waals surface area contributed by atoms with Gasteiger partial charge in [0, 0.05) is 47.7 Å². The van der Waals surface area contributed by atoms with Gasteiger partial charge < -0.3 is 59.1 Å². The fraction of sp³-hybridized carbons (Fsp3) is 0.525. The first-order valence-corrected chi connectivity index (χ1v) is 30.6. The van der Waals surface area contributed by atoms with E-state index in [9.17, 15) is 43.8 Å². The molecule has 0 aromatic heterocycles. The Morgan fingerprint density at radius 2 is 1.50 bits per heavy atom. The second-order valence-corrected chi connectivity index (χ2v) is 26.2. The number of hydrazine groups is 1. The molecule has 0 saturated heterocycles. The van der Waals surface area contributed by atoms with Gasteiger partial charge in [-0.15, -0.1) is 0 Å². The molecule has 0 radical (unpaired) electrons. The maximum atomic E-state index is 15.6. The lowest BCUT2D eigenvalue weighted by atomic mass is 9.40. The van der Waals surface area contributed by atoms with Gasteiger partial charge in [0.25, 0.3) is 5.91 Å². The van der Waals surface area contributed by atoms with Gasteiger partial charge in [-0.1, -0.05) is 90.9 Å². The van der Waals surface area contributed by atoms with Crippen molar-refractivity contribution < 1.29 is 91.6 Å². The number of carbonyl (C=O) groups excluding carboxylic acids is 8. The third kappa shape index (κ3) is 14.3. The number of likely N-dealkylation sites (N-methyl/N-ethyl adjacent to an activating group) is 1. The average Bonchev–Trinajstić information content (AvgIpc) is 0.674. The van der Waals surface area contributed by atoms with Crippen molar-refractivity contribution in [2.75, 3.05) is 31.8 Å². The molecule has 4 aliphatic rings. The Hall–Kier alpha value is -7.19. The van der Waals surface area contributed by atoms with Crippen molar-refractivity contribution >= 4 is 75.3 Å². The van der Waals surface area contributed by atoms with Crippen LogP contribution >= 0.6 is 21.6 Å². The van der Waals surface area contributed by atoms with E-state index in [1.54, 1.807) is 104 Å². The molecule has 4 aliphatic carbocycles. The highest BCUT2D eigenvalue weighted by Gasteiger charge is 2.76. The molecule has 3 aromatic rings. The van der Waals surface area contributed by atoms with E-state index < -0.39 is 149 Å². The second-order valence-electron chi connectivity index (χ2n) is 23.6. The number of hydrogen-bond donors (Lipinski definition) is 7. The molecule has 3 fully saturated rings. The van der Waals surface area contributed by atoms with Gasteiger partial charge in [-0.2, -0.15) is 0 Å². The number of alkyl carbamates (subject to hydrolysis) is 1. The van der Waals surface area contributed by atoms with Crippen LogP contribution in [0.25, 0.3) is 0 Å². The molecular weight excluding hydrogens is 1160 g/mol. The molecule has 3 aromatic carbocycles. The van der Waals surface area contributed by atoms with Crippen LogP contribution < -0.4 is 26.2 Å². The van der Waals surface area contributed by atoms with E-state index in [1.807, 2.05) is 0 Å². The number of carbonyl (C=O) groups is 9. The lowest BCUT2D eigenvalue weighted by Gasteiger charge is -2.68. The Bertz CT molecular complexity index is 3050. The van der Waals surface area contributed by atoms with Crippen LogP contribution in [0.2, 0.25) is 0 Å². The second kappa shape index (κ2) is 27.2. The van der Waals surface area contributed by atoms with Crippen LogP contribution in [0.15, 0.2) is 96.1 Å². The number of esters is 4. The summed E-state index contributed by atoms with van der Waals surface area (Å²) >= 11 is 0. The zero-order chi connectivity index (χ0) is 63.1. The highest BCUT2D eigenvalue weighted by atomic mass is 33.1. The van der Waals surface area contributed by atoms with Gasteiger partial charge in [0.05, 0.1) is 23.0 Å². The van der Waals surface area contributed by atoms with E-state index in [4.69, 9.17) is 38.3 Å². The molecule has 7 N–H and O–H groups in total. The highest BCUT2D eigenvalue weighted by molar-refractivity contribution is 8.76. The fourth-order valence-corrected chi connectivity index (χ4v) is 14.6. The van der Waals surface area contributed by atoms with Gasteiger partial charge in [-0.3, -0.25) is 24.6 Å². The average molecular weight is 1230 g/mol. The first-order chi connectivity index (χ1) is 40.5. The number of fused-ring (bicyclic) bond motifs is 5. The van der Waals surface area contributed by atoms with Gasteiger partial charge in [-0.25, -0.2) is 29.4 Å². The molecule has 12 atom stereocenters. The quantitative estimate of drug-likeness (QED) is 0.0147. The summed E-state index contributed by atoms with van der Waals surface area (Å²) < 4.78 is 41.6. The molecule has 466 valence electrons. The predicted molar refractivity (Wildman–Crippen MR) is 313 cm³/mol. The van der Waals surface area contributed by atoms with Crippen LogP contribution in [0.4, 0.5) is 9.59 Å². The number of carboxylic acid groups (broad SMARTS) is 1. The van der Waals surface area contributed by atoms with E-state index >= 15 is 9.59 Å². The number of benzene rings is 3. The summed E-state index contributed by atoms with van der Waals surface area (Å²) in [4.78, 5) is 123. The number of aliphatic hydroxyl groups is 2. The van der Waals surface area contributed by atoms with Crippen LogP contribution in [0.3, 0.4) is 0 Å². The zero-order valence-electron chi connectivity index (χ0n) is 49.6. The number of aliphatic hydroxyl groups excluding tert-OH is 1. The largest absolute Gasteiger partial charge is 0.482 e. The maximum absolute atomic E-state index is 15.6. The summed E-state index contributed by atoms with van der Waals surface area (Å²) in [5.41, 5.74) is -2.71. The minimum atomic E-state index is -2.29. The summed E-state index contributed by atoms with van der Waals surface area (Å²) in [6.45, 7) is 13.4. The smallest absolute Gasteiger partial charge is 0.426 e. The lowest BCUT2D eigenvalue weighted by molar-refractivity contribution is -0.295. The number of amides is 3. The summed E-state index contributed by atoms with van der Waals surface area (Å²) in [5, 5.41) is 40.7. The minimum absolute atomic E-state index is 0.0326. The van der Waals surface area contributed by atoms with Gasteiger partial charge in [-0.05, 0) is 114 Å². The Labute approximate surface area is 506 Å². The van der Waals surface area contributed by atoms with Crippen molar-refractivity contribution in [3.05, 3.63) is 113 Å². The Balaban J connectivity index is 1.17. The van der Waals surface area contributed by atoms with Crippen molar-refractivity contribution in [2.24, 2.45) is 28.6 Å². The summed E-state index contributed by atoms with van der Waals surface area (Å²) in [6.07, 6.45) is -8.25. The molecule has 3 saturated carbocycles. The first-order valence-electron chi connectivity index (χ1n) is 28.1. The number of nitrogens with one attached hydrogen (secondary N) is 4. The normalized spacial score (nSPS) is 26.5. The minimum Gasteiger partial charge on any atom is -0.482 e. The molecule has 0 heterocycles. The van der Waals surface area contributed by atoms with Crippen molar-refractivity contribution in [2.45, 2.75) is 141 Å². The van der Waals surface area contributed by atoms with Crippen molar-refractivity contribution in [3.8, 4) is 5.75 Å². The topological polar surface area (TPSA) is 327 Å². The van der Waals surface area contributed by atoms with Crippen molar-refractivity contribution in [1.29, 1.82) is 0 Å². The van der Waals surface area contributed by atoms with Gasteiger partial charge in [0.1, 0.15) is 59.2 Å². The zero-order valence-corrected chi connectivity index (χ0v) is 51.3. The molecule has 0 unspecified atom stereocenters. The molecule has 7 rings (SSSR count). The third-order valence-corrected chi connectivity index (χ3v) is 19.2. The molecule has 0 aliphatic heterocycles. The van der Waals surface area contributed by atoms with E-state index in [-0.39, 0.29) is 47.6 Å². The molecule has 25 heteroatoms. The Morgan fingerprint density at radius 3 is 2.09 bits per heavy atom. The Kier molecular flexibility index (Phi) is 21.0. The van der Waals surface area contributed by atoms with Gasteiger partial charge in [0.2, 0.25) is 6.10 Å². The summed E-state index contributed by atoms with van der Waals surface area (Å²) in [6, 6.07) is 19.1. The summed E-state index contributed by atoms with van der Waals surface area (Å²) in [5.74, 6) is -8.43. The number of hydrogen-bond acceptors (Lipinski definition) is 21. The molecular formula is C61H76N4O19S2. The molecule has 2 bridgehead atoms. The maximum Gasteiger partial charge on any atom is 0.426 e. The van der Waals surface area contributed by atoms with Crippen molar-refractivity contribution in [3.63, 3.8) is 0 Å². The SMILES string of the molecule is CN[C@@H](CSSCCOC(=O)NNC(=O)c1ccc(OCC(=O)O[C@@H](C(=O)O[C@H]2C[C@@]3(O)[C@@H](OC(=O)c4ccccc4)[C@@H]4[C@]5(OC(C)=O)CC[C@@H]5C[C@H](O)[C@@]4(C)C(=O)[C@H](C)C(=C2C)C3(C)C)[C@@H](NC(=O)OC(C)(C)C)c2ccccc2)cc1)C(=O)O. The number of aliphatic carboxylic acids is 1. The van der Waals surface area contributed by atoms with E-state index in [2.05, 4.69) is 21.5 Å². The van der Waals surface area contributed by atoms with Crippen LogP contribution in [0.5, 0.6) is 5.75 Å². The number of ketones is 1. The molecule has 23 nitrogen and oxygen atoms in total. The van der Waals surface area contributed by atoms with Crippen LogP contribution in [0.1, 0.15) is 120 Å². The van der Waals surface area contributed by atoms with Crippen LogP contribution in [-0.2, 0) is 52.4 Å². The number of Topliss-reactive ketones (excluding diaryl/α,β-unsaturated/α-hetero) is 1. The third-order valence-electron chi connectivity index (χ3n) is 16.8. The standard InChI is InChI=1S/C61H76N4O19S2/c1-33-42(30-61(77)50(82-53(73)38-19-15-12-16-20-38)48-59(9,49(69)34(2)45(33)58(61,7)8)43(67)29-39-25-26-60(39,48)83-35(3)66)80-54(74)47(46(36-17-13-11-14-18-36)63-55(75)84-57(4,5)6)81-44(68)31-79-40-23-21-37(22-24-40)51(70)64-65-56(76)78-27-28-85-86-32-41(62-10)52(71)72/h11-24,34,39,41-43,46-48,50,62,67,77H,25-32H2,1-10H3,(H,63,75)(H,64,70)(H,65,76)(H,71,72)/t34-,39-,41+,42+,43+,46+,47-,48+,50+,59-,60+,61-/m1/s1.